The highest BCUT2D eigenvalue weighted by atomic mass is 16.5. The van der Waals surface area contributed by atoms with Crippen molar-refractivity contribution in [1.82, 2.24) is 0 Å². The van der Waals surface area contributed by atoms with Crippen molar-refractivity contribution in [2.45, 2.75) is 46.0 Å². The summed E-state index contributed by atoms with van der Waals surface area (Å²) in [5.74, 6) is -1.36. The quantitative estimate of drug-likeness (QED) is 0.346. The summed E-state index contributed by atoms with van der Waals surface area (Å²) in [4.78, 5) is 33.9. The van der Waals surface area contributed by atoms with E-state index in [1.54, 1.807) is 0 Å². The average molecular weight is 270 g/mol. The van der Waals surface area contributed by atoms with E-state index < -0.39 is 11.9 Å². The Balaban J connectivity index is 3.88. The number of esters is 2. The van der Waals surface area contributed by atoms with Gasteiger partial charge in [0.05, 0.1) is 13.0 Å². The molecule has 0 heterocycles. The zero-order valence-electron chi connectivity index (χ0n) is 11.7. The number of unbranched alkanes of at least 4 members (excludes halogenated alkanes) is 1. The molecule has 0 amide bonds. The van der Waals surface area contributed by atoms with Gasteiger partial charge in [-0.15, -0.1) is 0 Å². The minimum Gasteiger partial charge on any atom is -0.462 e. The van der Waals surface area contributed by atoms with Crippen LogP contribution in [0.4, 0.5) is 0 Å². The molecule has 0 rings (SSSR count). The van der Waals surface area contributed by atoms with Gasteiger partial charge in [0.25, 0.3) is 0 Å². The van der Waals surface area contributed by atoms with Crippen molar-refractivity contribution in [3.8, 4) is 0 Å². The summed E-state index contributed by atoms with van der Waals surface area (Å²) in [5, 5.41) is 0. The molecule has 5 heteroatoms. The minimum atomic E-state index is -0.637. The second kappa shape index (κ2) is 10.3. The third kappa shape index (κ3) is 8.99. The van der Waals surface area contributed by atoms with Gasteiger partial charge in [0.15, 0.2) is 5.78 Å². The fourth-order valence-electron chi connectivity index (χ4n) is 1.22. The zero-order chi connectivity index (χ0) is 14.7. The monoisotopic (exact) mass is 270 g/mol. The van der Waals surface area contributed by atoms with Crippen LogP contribution >= 0.6 is 0 Å². The van der Waals surface area contributed by atoms with E-state index in [2.05, 4.69) is 6.58 Å². The molecular formula is C14H22O5. The minimum absolute atomic E-state index is 0.0454. The van der Waals surface area contributed by atoms with E-state index in [0.29, 0.717) is 19.4 Å². The normalized spacial score (nSPS) is 9.79. The smallest absolute Gasteiger partial charge is 0.333 e. The van der Waals surface area contributed by atoms with Gasteiger partial charge in [-0.3, -0.25) is 9.59 Å². The summed E-state index contributed by atoms with van der Waals surface area (Å²) >= 11 is 0. The van der Waals surface area contributed by atoms with Crippen LogP contribution in [0.5, 0.6) is 0 Å². The highest BCUT2D eigenvalue weighted by molar-refractivity contribution is 5.93. The highest BCUT2D eigenvalue weighted by Gasteiger charge is 2.15. The van der Waals surface area contributed by atoms with Crippen LogP contribution in [-0.4, -0.2) is 30.9 Å². The molecule has 0 radical (unpaired) electrons. The predicted octanol–water partition coefficient (Wildman–Crippen LogP) is 2.19. The third-order valence-electron chi connectivity index (χ3n) is 2.30. The van der Waals surface area contributed by atoms with Crippen molar-refractivity contribution in [3.63, 3.8) is 0 Å². The van der Waals surface area contributed by atoms with Gasteiger partial charge < -0.3 is 9.47 Å². The molecule has 0 aliphatic heterocycles. The Morgan fingerprint density at radius 1 is 1.05 bits per heavy atom. The largest absolute Gasteiger partial charge is 0.462 e. The average Bonchev–Trinajstić information content (AvgIpc) is 2.36. The first kappa shape index (κ1) is 17.4. The fourth-order valence-corrected chi connectivity index (χ4v) is 1.22. The van der Waals surface area contributed by atoms with E-state index in [0.717, 1.165) is 12.8 Å². The molecule has 5 nitrogen and oxygen atoms in total. The Bertz CT molecular complexity index is 333. The topological polar surface area (TPSA) is 69.7 Å². The lowest BCUT2D eigenvalue weighted by Crippen LogP contribution is -2.16. The van der Waals surface area contributed by atoms with Crippen molar-refractivity contribution in [2.24, 2.45) is 0 Å². The molecule has 0 aromatic heterocycles. The fraction of sp³-hybridized carbons (Fsp3) is 0.643. The lowest BCUT2D eigenvalue weighted by atomic mass is 10.2. The molecule has 19 heavy (non-hydrogen) atoms. The van der Waals surface area contributed by atoms with Gasteiger partial charge in [-0.05, 0) is 12.8 Å². The Labute approximate surface area is 114 Å². The summed E-state index contributed by atoms with van der Waals surface area (Å²) in [6, 6.07) is 0. The van der Waals surface area contributed by atoms with E-state index in [9.17, 15) is 14.4 Å². The number of carbonyl (C=O) groups excluding carboxylic acids is 3. The van der Waals surface area contributed by atoms with Crippen molar-refractivity contribution >= 4 is 17.7 Å². The maximum absolute atomic E-state index is 11.4. The molecule has 0 fully saturated rings. The molecule has 0 aromatic carbocycles. The van der Waals surface area contributed by atoms with Gasteiger partial charge in [-0.2, -0.15) is 0 Å². The number of rotatable bonds is 10. The van der Waals surface area contributed by atoms with Crippen molar-refractivity contribution < 1.29 is 23.9 Å². The second-order valence-electron chi connectivity index (χ2n) is 4.22. The zero-order valence-corrected chi connectivity index (χ0v) is 11.7. The SMILES string of the molecule is C=C(CC(=O)OCC(=O)CCC)C(=O)OCCCC. The van der Waals surface area contributed by atoms with Crippen LogP contribution in [0.3, 0.4) is 0 Å². The molecule has 0 saturated heterocycles. The Hall–Kier alpha value is -1.65. The maximum atomic E-state index is 11.4. The first-order chi connectivity index (χ1) is 9.01. The van der Waals surface area contributed by atoms with Gasteiger partial charge in [0, 0.05) is 12.0 Å². The van der Waals surface area contributed by atoms with Crippen LogP contribution in [0.1, 0.15) is 46.0 Å². The molecule has 0 atom stereocenters. The summed E-state index contributed by atoms with van der Waals surface area (Å²) in [6.45, 7) is 7.40. The molecule has 108 valence electrons. The molecule has 0 bridgehead atoms. The van der Waals surface area contributed by atoms with E-state index in [1.807, 2.05) is 13.8 Å². The number of hydrogen-bond acceptors (Lipinski definition) is 5. The van der Waals surface area contributed by atoms with E-state index >= 15 is 0 Å². The molecule has 0 unspecified atom stereocenters. The molecule has 0 aliphatic carbocycles. The van der Waals surface area contributed by atoms with E-state index in [-0.39, 0.29) is 24.4 Å². The lowest BCUT2D eigenvalue weighted by molar-refractivity contribution is -0.149. The highest BCUT2D eigenvalue weighted by Crippen LogP contribution is 2.04. The van der Waals surface area contributed by atoms with Crippen molar-refractivity contribution in [3.05, 3.63) is 12.2 Å². The number of ketones is 1. The predicted molar refractivity (Wildman–Crippen MR) is 70.5 cm³/mol. The van der Waals surface area contributed by atoms with Gasteiger partial charge >= 0.3 is 11.9 Å². The third-order valence-corrected chi connectivity index (χ3v) is 2.30. The van der Waals surface area contributed by atoms with Crippen LogP contribution in [0.25, 0.3) is 0 Å². The molecule has 0 aromatic rings. The standard InChI is InChI=1S/C14H22O5/c1-4-6-8-18-14(17)11(3)9-13(16)19-10-12(15)7-5-2/h3-10H2,1-2H3. The number of hydrogen-bond donors (Lipinski definition) is 0. The Morgan fingerprint density at radius 3 is 2.32 bits per heavy atom. The molecule has 0 spiro atoms. The summed E-state index contributed by atoms with van der Waals surface area (Å²) in [7, 11) is 0. The number of Topliss-reactive ketones (excluding diaryl/α,β-unsaturated/α-hetero) is 1. The summed E-state index contributed by atoms with van der Waals surface area (Å²) in [6.07, 6.45) is 2.54. The van der Waals surface area contributed by atoms with Gasteiger partial charge in [0.1, 0.15) is 6.61 Å². The molecule has 0 N–H and O–H groups in total. The van der Waals surface area contributed by atoms with E-state index in [4.69, 9.17) is 9.47 Å². The van der Waals surface area contributed by atoms with Gasteiger partial charge in [0.2, 0.25) is 0 Å². The Morgan fingerprint density at radius 2 is 1.74 bits per heavy atom. The summed E-state index contributed by atoms with van der Waals surface area (Å²) in [5.41, 5.74) is 0.0454. The van der Waals surface area contributed by atoms with Crippen molar-refractivity contribution in [1.29, 1.82) is 0 Å². The van der Waals surface area contributed by atoms with Crippen LogP contribution in [0.2, 0.25) is 0 Å². The number of carbonyl (C=O) groups is 3. The molecule has 0 saturated carbocycles. The van der Waals surface area contributed by atoms with Crippen LogP contribution in [0, 0.1) is 0 Å². The van der Waals surface area contributed by atoms with Crippen LogP contribution in [-0.2, 0) is 23.9 Å². The number of ether oxygens (including phenoxy) is 2. The van der Waals surface area contributed by atoms with Gasteiger partial charge in [-0.1, -0.05) is 26.8 Å². The van der Waals surface area contributed by atoms with Crippen LogP contribution < -0.4 is 0 Å². The first-order valence-electron chi connectivity index (χ1n) is 6.53. The molecule has 0 aliphatic rings. The molecular weight excluding hydrogens is 248 g/mol. The first-order valence-corrected chi connectivity index (χ1v) is 6.53. The van der Waals surface area contributed by atoms with Crippen molar-refractivity contribution in [2.75, 3.05) is 13.2 Å². The maximum Gasteiger partial charge on any atom is 0.333 e. The summed E-state index contributed by atoms with van der Waals surface area (Å²) < 4.78 is 9.64. The van der Waals surface area contributed by atoms with Gasteiger partial charge in [-0.25, -0.2) is 4.79 Å². The Kier molecular flexibility index (Phi) is 9.40. The van der Waals surface area contributed by atoms with Crippen LogP contribution in [0.15, 0.2) is 12.2 Å². The van der Waals surface area contributed by atoms with E-state index in [1.165, 1.54) is 0 Å². The second-order valence-corrected chi connectivity index (χ2v) is 4.22. The lowest BCUT2D eigenvalue weighted by Gasteiger charge is -2.07.